The summed E-state index contributed by atoms with van der Waals surface area (Å²) in [5, 5.41) is 14.0. The molecule has 0 saturated heterocycles. The molecule has 0 atom stereocenters. The number of thioether (sulfide) groups is 1. The molecule has 3 aromatic rings. The van der Waals surface area contributed by atoms with Crippen molar-refractivity contribution in [3.05, 3.63) is 75.6 Å². The van der Waals surface area contributed by atoms with Gasteiger partial charge < -0.3 is 14.6 Å². The number of hydrazone groups is 1. The van der Waals surface area contributed by atoms with Gasteiger partial charge in [0, 0.05) is 11.4 Å². The number of aromatic nitrogens is 2. The van der Waals surface area contributed by atoms with Crippen molar-refractivity contribution in [3.8, 4) is 11.5 Å². The highest BCUT2D eigenvalue weighted by Gasteiger charge is 2.13. The van der Waals surface area contributed by atoms with Crippen molar-refractivity contribution < 1.29 is 24.2 Å². The summed E-state index contributed by atoms with van der Waals surface area (Å²) in [6.07, 6.45) is 1.45. The number of nitrogens with zero attached hydrogens (tertiary/aromatic N) is 3. The van der Waals surface area contributed by atoms with Crippen LogP contribution in [0.5, 0.6) is 11.5 Å². The number of carboxylic acids is 1. The van der Waals surface area contributed by atoms with E-state index in [1.807, 2.05) is 26.8 Å². The van der Waals surface area contributed by atoms with Crippen LogP contribution in [0.25, 0.3) is 0 Å². The van der Waals surface area contributed by atoms with E-state index in [1.54, 1.807) is 24.3 Å². The van der Waals surface area contributed by atoms with Crippen molar-refractivity contribution in [2.24, 2.45) is 5.10 Å². The fourth-order valence-electron chi connectivity index (χ4n) is 3.11. The predicted molar refractivity (Wildman–Crippen MR) is 138 cm³/mol. The lowest BCUT2D eigenvalue weighted by molar-refractivity contribution is -0.118. The Hall–Kier alpha value is -3.63. The minimum absolute atomic E-state index is 0.103. The SMILES string of the molecule is CCOc1cc(/C=N\NC(=O)CSc2nc(C)cc(C)n2)cc(Cl)c1OCc1cccc(C(=O)O)c1. The zero-order valence-corrected chi connectivity index (χ0v) is 21.5. The summed E-state index contributed by atoms with van der Waals surface area (Å²) >= 11 is 7.66. The Labute approximate surface area is 217 Å². The standard InChI is InChI=1S/C25H25ClN4O5S/c1-4-34-21-11-18(12-27-30-22(31)14-36-25-28-15(2)8-16(3)29-25)10-20(26)23(21)35-13-17-6-5-7-19(9-17)24(32)33/h5-12H,4,13-14H2,1-3H3,(H,30,31)(H,32,33)/b27-12-. The van der Waals surface area contributed by atoms with Crippen LogP contribution in [0.15, 0.2) is 52.7 Å². The van der Waals surface area contributed by atoms with Gasteiger partial charge in [-0.1, -0.05) is 35.5 Å². The van der Waals surface area contributed by atoms with E-state index in [4.69, 9.17) is 26.2 Å². The molecular weight excluding hydrogens is 504 g/mol. The summed E-state index contributed by atoms with van der Waals surface area (Å²) in [4.78, 5) is 31.9. The Balaban J connectivity index is 1.63. The second-order valence-corrected chi connectivity index (χ2v) is 8.92. The minimum Gasteiger partial charge on any atom is -0.490 e. The molecule has 3 rings (SSSR count). The minimum atomic E-state index is -1.02. The quantitative estimate of drug-likeness (QED) is 0.159. The van der Waals surface area contributed by atoms with E-state index < -0.39 is 5.97 Å². The van der Waals surface area contributed by atoms with E-state index in [0.717, 1.165) is 11.4 Å². The molecule has 0 aliphatic carbocycles. The molecule has 11 heteroatoms. The first-order valence-corrected chi connectivity index (χ1v) is 12.3. The fourth-order valence-corrected chi connectivity index (χ4v) is 4.13. The third kappa shape index (κ3) is 7.96. The van der Waals surface area contributed by atoms with E-state index in [0.29, 0.717) is 34.4 Å². The normalized spacial score (nSPS) is 10.9. The van der Waals surface area contributed by atoms with Gasteiger partial charge in [0.2, 0.25) is 0 Å². The lowest BCUT2D eigenvalue weighted by Crippen LogP contribution is -2.19. The van der Waals surface area contributed by atoms with Crippen molar-refractivity contribution in [2.75, 3.05) is 12.4 Å². The smallest absolute Gasteiger partial charge is 0.335 e. The fraction of sp³-hybridized carbons (Fsp3) is 0.240. The zero-order valence-electron chi connectivity index (χ0n) is 19.9. The number of amides is 1. The lowest BCUT2D eigenvalue weighted by Gasteiger charge is -2.14. The van der Waals surface area contributed by atoms with Crippen LogP contribution >= 0.6 is 23.4 Å². The van der Waals surface area contributed by atoms with E-state index in [1.165, 1.54) is 30.1 Å². The molecule has 188 valence electrons. The van der Waals surface area contributed by atoms with E-state index in [-0.39, 0.29) is 28.9 Å². The summed E-state index contributed by atoms with van der Waals surface area (Å²) in [7, 11) is 0. The Kier molecular flexibility index (Phi) is 9.66. The van der Waals surface area contributed by atoms with Crippen LogP contribution in [0.2, 0.25) is 5.02 Å². The van der Waals surface area contributed by atoms with Gasteiger partial charge in [0.1, 0.15) is 6.61 Å². The number of benzene rings is 2. The number of halogens is 1. The molecule has 0 radical (unpaired) electrons. The summed E-state index contributed by atoms with van der Waals surface area (Å²) in [5.74, 6) is -0.488. The molecule has 9 nitrogen and oxygen atoms in total. The topological polar surface area (TPSA) is 123 Å². The lowest BCUT2D eigenvalue weighted by atomic mass is 10.1. The summed E-state index contributed by atoms with van der Waals surface area (Å²) < 4.78 is 11.5. The molecule has 0 fully saturated rings. The van der Waals surface area contributed by atoms with Crippen LogP contribution in [0.3, 0.4) is 0 Å². The average Bonchev–Trinajstić information content (AvgIpc) is 2.82. The average molecular weight is 529 g/mol. The van der Waals surface area contributed by atoms with Crippen molar-refractivity contribution >= 4 is 41.5 Å². The van der Waals surface area contributed by atoms with Gasteiger partial charge in [0.15, 0.2) is 16.7 Å². The third-order valence-electron chi connectivity index (χ3n) is 4.59. The molecule has 0 unspecified atom stereocenters. The van der Waals surface area contributed by atoms with Gasteiger partial charge in [-0.3, -0.25) is 4.79 Å². The molecule has 1 heterocycles. The van der Waals surface area contributed by atoms with Crippen molar-refractivity contribution in [3.63, 3.8) is 0 Å². The molecule has 0 bridgehead atoms. The van der Waals surface area contributed by atoms with E-state index in [2.05, 4.69) is 20.5 Å². The Bertz CT molecular complexity index is 1270. The summed E-state index contributed by atoms with van der Waals surface area (Å²) in [6, 6.07) is 11.6. The van der Waals surface area contributed by atoms with Crippen LogP contribution in [-0.2, 0) is 11.4 Å². The predicted octanol–water partition coefficient (Wildman–Crippen LogP) is 4.67. The molecule has 2 N–H and O–H groups in total. The molecule has 0 aliphatic heterocycles. The highest BCUT2D eigenvalue weighted by Crippen LogP contribution is 2.37. The van der Waals surface area contributed by atoms with Crippen LogP contribution in [0.4, 0.5) is 0 Å². The first-order chi connectivity index (χ1) is 17.2. The number of hydrogen-bond acceptors (Lipinski definition) is 8. The number of aromatic carboxylic acids is 1. The summed E-state index contributed by atoms with van der Waals surface area (Å²) in [6.45, 7) is 6.05. The van der Waals surface area contributed by atoms with Crippen molar-refractivity contribution in [1.82, 2.24) is 15.4 Å². The highest BCUT2D eigenvalue weighted by molar-refractivity contribution is 7.99. The maximum Gasteiger partial charge on any atom is 0.335 e. The Morgan fingerprint density at radius 3 is 2.58 bits per heavy atom. The van der Waals surface area contributed by atoms with Gasteiger partial charge in [0.05, 0.1) is 29.2 Å². The number of carboxylic acid groups (broad SMARTS) is 1. The Morgan fingerprint density at radius 1 is 1.14 bits per heavy atom. The first-order valence-electron chi connectivity index (χ1n) is 10.9. The summed E-state index contributed by atoms with van der Waals surface area (Å²) in [5.41, 5.74) is 5.58. The maximum atomic E-state index is 12.1. The highest BCUT2D eigenvalue weighted by atomic mass is 35.5. The zero-order chi connectivity index (χ0) is 26.1. The number of hydrogen-bond donors (Lipinski definition) is 2. The van der Waals surface area contributed by atoms with Crippen LogP contribution in [0.1, 0.15) is 39.8 Å². The van der Waals surface area contributed by atoms with Gasteiger partial charge in [-0.25, -0.2) is 20.2 Å². The number of ether oxygens (including phenoxy) is 2. The molecule has 0 spiro atoms. The molecular formula is C25H25ClN4O5S. The molecule has 2 aromatic carbocycles. The molecule has 36 heavy (non-hydrogen) atoms. The largest absolute Gasteiger partial charge is 0.490 e. The van der Waals surface area contributed by atoms with Crippen LogP contribution < -0.4 is 14.9 Å². The molecule has 1 aromatic heterocycles. The number of carbonyl (C=O) groups excluding carboxylic acids is 1. The van der Waals surface area contributed by atoms with E-state index >= 15 is 0 Å². The van der Waals surface area contributed by atoms with Crippen molar-refractivity contribution in [1.29, 1.82) is 0 Å². The van der Waals surface area contributed by atoms with Gasteiger partial charge in [-0.15, -0.1) is 0 Å². The van der Waals surface area contributed by atoms with Gasteiger partial charge in [0.25, 0.3) is 5.91 Å². The molecule has 1 amide bonds. The third-order valence-corrected chi connectivity index (χ3v) is 5.71. The van der Waals surface area contributed by atoms with Crippen LogP contribution in [-0.4, -0.2) is 45.5 Å². The monoisotopic (exact) mass is 528 g/mol. The number of rotatable bonds is 11. The van der Waals surface area contributed by atoms with Gasteiger partial charge in [-0.05, 0) is 62.2 Å². The molecule has 0 aliphatic rings. The van der Waals surface area contributed by atoms with Gasteiger partial charge in [-0.2, -0.15) is 5.10 Å². The first kappa shape index (κ1) is 27.0. The second-order valence-electron chi connectivity index (χ2n) is 7.57. The van der Waals surface area contributed by atoms with Gasteiger partial charge >= 0.3 is 5.97 Å². The van der Waals surface area contributed by atoms with E-state index in [9.17, 15) is 9.59 Å². The molecule has 0 saturated carbocycles. The van der Waals surface area contributed by atoms with Crippen LogP contribution in [0, 0.1) is 13.8 Å². The van der Waals surface area contributed by atoms with Crippen molar-refractivity contribution in [2.45, 2.75) is 32.5 Å². The maximum absolute atomic E-state index is 12.1. The number of aryl methyl sites for hydroxylation is 2. The number of carbonyl (C=O) groups is 2. The Morgan fingerprint density at radius 2 is 1.89 bits per heavy atom. The second kappa shape index (κ2) is 12.9. The number of nitrogens with one attached hydrogen (secondary N) is 1.